The summed E-state index contributed by atoms with van der Waals surface area (Å²) >= 11 is 11.8. The van der Waals surface area contributed by atoms with Crippen LogP contribution in [-0.2, 0) is 25.7 Å². The summed E-state index contributed by atoms with van der Waals surface area (Å²) in [5.41, 5.74) is 1.31. The standard InChI is InChI=1S/C22H20Cl2N2O4/c23-16-5-3-15(4-6-16)14-26-20(28)13-19(22(26)30)21(29)25(11-1-2-12-27)18-9-7-17(24)8-10-18/h3-10,12,19H,1-2,11,13-14H2. The molecule has 3 amide bonds. The van der Waals surface area contributed by atoms with Gasteiger partial charge >= 0.3 is 0 Å². The Hall–Kier alpha value is -2.70. The third-order valence-electron chi connectivity index (χ3n) is 4.90. The quantitative estimate of drug-likeness (QED) is 0.267. The van der Waals surface area contributed by atoms with Gasteiger partial charge in [-0.25, -0.2) is 0 Å². The van der Waals surface area contributed by atoms with Crippen LogP contribution in [0.3, 0.4) is 0 Å². The Balaban J connectivity index is 1.78. The molecule has 0 spiro atoms. The number of carbonyl (C=O) groups is 4. The first kappa shape index (κ1) is 22.0. The zero-order valence-corrected chi connectivity index (χ0v) is 17.6. The van der Waals surface area contributed by atoms with Crippen LogP contribution in [0.5, 0.6) is 0 Å². The fourth-order valence-corrected chi connectivity index (χ4v) is 3.57. The topological polar surface area (TPSA) is 74.8 Å². The predicted octanol–water partition coefficient (Wildman–Crippen LogP) is 3.88. The number of benzene rings is 2. The van der Waals surface area contributed by atoms with Crippen LogP contribution in [0.2, 0.25) is 10.0 Å². The Morgan fingerprint density at radius 2 is 1.63 bits per heavy atom. The van der Waals surface area contributed by atoms with Crippen LogP contribution >= 0.6 is 23.2 Å². The van der Waals surface area contributed by atoms with Crippen LogP contribution in [0, 0.1) is 5.92 Å². The van der Waals surface area contributed by atoms with Gasteiger partial charge in [-0.1, -0.05) is 35.3 Å². The van der Waals surface area contributed by atoms with Gasteiger partial charge < -0.3 is 9.69 Å². The van der Waals surface area contributed by atoms with Crippen molar-refractivity contribution in [2.45, 2.75) is 25.8 Å². The molecule has 1 fully saturated rings. The number of nitrogens with zero attached hydrogens (tertiary/aromatic N) is 2. The zero-order chi connectivity index (χ0) is 21.7. The molecule has 0 aromatic heterocycles. The number of aldehydes is 1. The lowest BCUT2D eigenvalue weighted by atomic mass is 10.1. The molecule has 0 aliphatic carbocycles. The molecule has 6 nitrogen and oxygen atoms in total. The van der Waals surface area contributed by atoms with E-state index >= 15 is 0 Å². The van der Waals surface area contributed by atoms with Crippen molar-refractivity contribution in [3.63, 3.8) is 0 Å². The van der Waals surface area contributed by atoms with Crippen LogP contribution in [0.4, 0.5) is 5.69 Å². The third-order valence-corrected chi connectivity index (χ3v) is 5.41. The normalized spacial score (nSPS) is 16.1. The van der Waals surface area contributed by atoms with Gasteiger partial charge in [-0.05, 0) is 48.4 Å². The molecule has 1 heterocycles. The van der Waals surface area contributed by atoms with Crippen LogP contribution in [0.15, 0.2) is 48.5 Å². The van der Waals surface area contributed by atoms with E-state index in [1.165, 1.54) is 4.90 Å². The molecule has 156 valence electrons. The molecule has 0 saturated carbocycles. The van der Waals surface area contributed by atoms with Crippen molar-refractivity contribution >= 4 is 52.9 Å². The van der Waals surface area contributed by atoms with Crippen LogP contribution in [-0.4, -0.2) is 35.5 Å². The Bertz CT molecular complexity index is 945. The Kier molecular flexibility index (Phi) is 7.24. The molecule has 0 radical (unpaired) electrons. The molecule has 1 atom stereocenters. The first-order valence-electron chi connectivity index (χ1n) is 9.50. The van der Waals surface area contributed by atoms with Crippen molar-refractivity contribution in [3.8, 4) is 0 Å². The van der Waals surface area contributed by atoms with Gasteiger partial charge in [0.05, 0.1) is 6.54 Å². The number of anilines is 1. The summed E-state index contributed by atoms with van der Waals surface area (Å²) in [5.74, 6) is -2.46. The summed E-state index contributed by atoms with van der Waals surface area (Å²) < 4.78 is 0. The maximum atomic E-state index is 13.2. The minimum atomic E-state index is -1.09. The first-order chi connectivity index (χ1) is 14.4. The number of rotatable bonds is 8. The van der Waals surface area contributed by atoms with Gasteiger partial charge in [0.1, 0.15) is 12.2 Å². The minimum absolute atomic E-state index is 0.0880. The lowest BCUT2D eigenvalue weighted by molar-refractivity contribution is -0.141. The lowest BCUT2D eigenvalue weighted by Crippen LogP contribution is -2.40. The fraction of sp³-hybridized carbons (Fsp3) is 0.273. The highest BCUT2D eigenvalue weighted by molar-refractivity contribution is 6.31. The minimum Gasteiger partial charge on any atom is -0.312 e. The molecule has 30 heavy (non-hydrogen) atoms. The highest BCUT2D eigenvalue weighted by Gasteiger charge is 2.44. The number of likely N-dealkylation sites (tertiary alicyclic amines) is 1. The maximum absolute atomic E-state index is 13.2. The largest absolute Gasteiger partial charge is 0.312 e. The molecule has 2 aromatic rings. The Morgan fingerprint density at radius 3 is 2.23 bits per heavy atom. The monoisotopic (exact) mass is 446 g/mol. The molecule has 1 unspecified atom stereocenters. The second-order valence-electron chi connectivity index (χ2n) is 6.98. The van der Waals surface area contributed by atoms with Gasteiger partial charge in [-0.3, -0.25) is 19.3 Å². The second-order valence-corrected chi connectivity index (χ2v) is 7.85. The number of hydrogen-bond acceptors (Lipinski definition) is 4. The maximum Gasteiger partial charge on any atom is 0.242 e. The van der Waals surface area contributed by atoms with Gasteiger partial charge in [0.15, 0.2) is 0 Å². The van der Waals surface area contributed by atoms with Crippen LogP contribution in [0.25, 0.3) is 0 Å². The number of unbranched alkanes of at least 4 members (excludes halogenated alkanes) is 1. The number of amides is 3. The molecule has 0 bridgehead atoms. The van der Waals surface area contributed by atoms with Gasteiger partial charge in [0.2, 0.25) is 17.7 Å². The molecule has 3 rings (SSSR count). The number of halogens is 2. The van der Waals surface area contributed by atoms with Crippen molar-refractivity contribution in [1.29, 1.82) is 0 Å². The van der Waals surface area contributed by atoms with E-state index in [0.717, 1.165) is 16.7 Å². The van der Waals surface area contributed by atoms with Crippen molar-refractivity contribution in [2.75, 3.05) is 11.4 Å². The fourth-order valence-electron chi connectivity index (χ4n) is 3.32. The molecule has 0 N–H and O–H groups in total. The smallest absolute Gasteiger partial charge is 0.242 e. The van der Waals surface area contributed by atoms with E-state index in [1.54, 1.807) is 48.5 Å². The Morgan fingerprint density at radius 1 is 1.03 bits per heavy atom. The molecule has 8 heteroatoms. The number of carbonyl (C=O) groups excluding carboxylic acids is 4. The molecular formula is C22H20Cl2N2O4. The average molecular weight is 447 g/mol. The zero-order valence-electron chi connectivity index (χ0n) is 16.1. The van der Waals surface area contributed by atoms with Gasteiger partial charge in [0.25, 0.3) is 0 Å². The summed E-state index contributed by atoms with van der Waals surface area (Å²) in [6.45, 7) is 0.346. The summed E-state index contributed by atoms with van der Waals surface area (Å²) in [7, 11) is 0. The average Bonchev–Trinajstić information content (AvgIpc) is 3.01. The molecule has 1 aliphatic rings. The van der Waals surface area contributed by atoms with Crippen LogP contribution in [0.1, 0.15) is 24.8 Å². The Labute approximate surface area is 184 Å². The van der Waals surface area contributed by atoms with E-state index in [-0.39, 0.29) is 25.9 Å². The molecule has 1 saturated heterocycles. The van der Waals surface area contributed by atoms with E-state index in [4.69, 9.17) is 23.2 Å². The lowest BCUT2D eigenvalue weighted by Gasteiger charge is -2.25. The third kappa shape index (κ3) is 5.07. The molecule has 2 aromatic carbocycles. The van der Waals surface area contributed by atoms with E-state index in [9.17, 15) is 19.2 Å². The highest BCUT2D eigenvalue weighted by atomic mass is 35.5. The SMILES string of the molecule is O=CCCCN(C(=O)C1CC(=O)N(Cc2ccc(Cl)cc2)C1=O)c1ccc(Cl)cc1. The van der Waals surface area contributed by atoms with Gasteiger partial charge in [-0.2, -0.15) is 0 Å². The van der Waals surface area contributed by atoms with E-state index in [0.29, 0.717) is 22.2 Å². The van der Waals surface area contributed by atoms with Crippen molar-refractivity contribution in [3.05, 3.63) is 64.1 Å². The van der Waals surface area contributed by atoms with E-state index in [2.05, 4.69) is 0 Å². The molecule has 1 aliphatic heterocycles. The predicted molar refractivity (Wildman–Crippen MR) is 114 cm³/mol. The van der Waals surface area contributed by atoms with Gasteiger partial charge in [-0.15, -0.1) is 0 Å². The van der Waals surface area contributed by atoms with Crippen LogP contribution < -0.4 is 4.90 Å². The first-order valence-corrected chi connectivity index (χ1v) is 10.3. The van der Waals surface area contributed by atoms with Crippen molar-refractivity contribution < 1.29 is 19.2 Å². The van der Waals surface area contributed by atoms with E-state index < -0.39 is 23.6 Å². The van der Waals surface area contributed by atoms with Gasteiger partial charge in [0, 0.05) is 35.1 Å². The summed E-state index contributed by atoms with van der Waals surface area (Å²) in [6, 6.07) is 13.5. The number of hydrogen-bond donors (Lipinski definition) is 0. The highest BCUT2D eigenvalue weighted by Crippen LogP contribution is 2.27. The summed E-state index contributed by atoms with van der Waals surface area (Å²) in [5, 5.41) is 1.07. The summed E-state index contributed by atoms with van der Waals surface area (Å²) in [4.78, 5) is 51.8. The summed E-state index contributed by atoms with van der Waals surface area (Å²) in [6.07, 6.45) is 1.34. The second kappa shape index (κ2) is 9.87. The van der Waals surface area contributed by atoms with Crippen molar-refractivity contribution in [1.82, 2.24) is 4.90 Å². The molecular weight excluding hydrogens is 427 g/mol. The van der Waals surface area contributed by atoms with E-state index in [1.807, 2.05) is 0 Å². The van der Waals surface area contributed by atoms with Crippen molar-refractivity contribution in [2.24, 2.45) is 5.92 Å². The number of imide groups is 1.